The van der Waals surface area contributed by atoms with Gasteiger partial charge in [-0.15, -0.1) is 0 Å². The van der Waals surface area contributed by atoms with Gasteiger partial charge in [-0.3, -0.25) is 0 Å². The number of hydrogen-bond donors (Lipinski definition) is 0. The van der Waals surface area contributed by atoms with Crippen LogP contribution in [-0.2, 0) is 10.8 Å². The van der Waals surface area contributed by atoms with E-state index in [2.05, 4.69) is 202 Å². The van der Waals surface area contributed by atoms with Crippen LogP contribution < -0.4 is 4.90 Å². The van der Waals surface area contributed by atoms with Crippen LogP contribution in [-0.4, -0.2) is 0 Å². The van der Waals surface area contributed by atoms with Crippen molar-refractivity contribution in [1.29, 1.82) is 0 Å². The van der Waals surface area contributed by atoms with Crippen LogP contribution >= 0.6 is 0 Å². The first-order valence-electron chi connectivity index (χ1n) is 21.8. The summed E-state index contributed by atoms with van der Waals surface area (Å²) >= 11 is 0. The van der Waals surface area contributed by atoms with Gasteiger partial charge >= 0.3 is 0 Å². The normalized spacial score (nSPS) is 16.0. The highest BCUT2D eigenvalue weighted by molar-refractivity contribution is 6.02. The van der Waals surface area contributed by atoms with Crippen LogP contribution in [0.4, 0.5) is 17.1 Å². The van der Waals surface area contributed by atoms with Crippen LogP contribution in [0.25, 0.3) is 55.3 Å². The van der Waals surface area contributed by atoms with E-state index in [0.717, 1.165) is 0 Å². The van der Waals surface area contributed by atoms with Crippen LogP contribution in [0.2, 0.25) is 0 Å². The number of rotatable bonds is 6. The molecule has 0 bridgehead atoms. The Labute approximate surface area is 350 Å². The van der Waals surface area contributed by atoms with E-state index in [1.165, 1.54) is 132 Å². The number of hydrogen-bond acceptors (Lipinski definition) is 1. The highest BCUT2D eigenvalue weighted by Crippen LogP contribution is 2.57. The van der Waals surface area contributed by atoms with Crippen molar-refractivity contribution in [2.45, 2.75) is 76.5 Å². The zero-order valence-corrected chi connectivity index (χ0v) is 34.7. The van der Waals surface area contributed by atoms with Gasteiger partial charge in [-0.25, -0.2) is 0 Å². The lowest BCUT2D eigenvalue weighted by atomic mass is 9.80. The Morgan fingerprint density at radius 2 is 0.949 bits per heavy atom. The monoisotopic (exact) mass is 761 g/mol. The summed E-state index contributed by atoms with van der Waals surface area (Å²) in [4.78, 5) is 2.53. The Hall–Kier alpha value is -6.18. The maximum Gasteiger partial charge on any atom is 0.0546 e. The maximum atomic E-state index is 2.53. The standard InChI is InChI=1S/C58H51N/c1-57(2)50-26-14-13-23-47(50)55-45(24-15-27-51(55)57)46-25-16-28-52-56(46)48-34-33-44(37-53(48)58(52,3)4)59(43-31-29-39(30-32-43)38-17-7-5-8-18-38)54-36-42-22-12-11-21-41(42)35-49(54)40-19-9-6-10-20-40/h6,9-16,19-38H,5,7-8,17-18H2,1-4H3. The second-order valence-corrected chi connectivity index (χ2v) is 18.3. The second kappa shape index (κ2) is 13.7. The van der Waals surface area contributed by atoms with Gasteiger partial charge in [0.25, 0.3) is 0 Å². The van der Waals surface area contributed by atoms with E-state index in [0.29, 0.717) is 5.92 Å². The third-order valence-corrected chi connectivity index (χ3v) is 14.3. The third-order valence-electron chi connectivity index (χ3n) is 14.3. The average Bonchev–Trinajstić information content (AvgIpc) is 3.66. The van der Waals surface area contributed by atoms with Crippen molar-refractivity contribution in [3.05, 3.63) is 198 Å². The lowest BCUT2D eigenvalue weighted by molar-refractivity contribution is 0.443. The van der Waals surface area contributed by atoms with E-state index >= 15 is 0 Å². The Morgan fingerprint density at radius 3 is 1.64 bits per heavy atom. The molecule has 0 spiro atoms. The van der Waals surface area contributed by atoms with Crippen LogP contribution in [0.1, 0.15) is 93.5 Å². The molecule has 0 saturated heterocycles. The molecule has 1 fully saturated rings. The number of nitrogens with zero attached hydrogens (tertiary/aromatic N) is 1. The molecule has 3 aliphatic carbocycles. The molecule has 0 unspecified atom stereocenters. The number of anilines is 3. The molecule has 0 amide bonds. The first-order chi connectivity index (χ1) is 28.8. The minimum absolute atomic E-state index is 0.0502. The SMILES string of the molecule is CC1(C)c2ccccc2-c2c(-c3cccc4c3-c3ccc(N(c5ccc(C6CCCCC6)cc5)c5cc6ccccc6cc5-c5ccccc5)cc3C4(C)C)cccc21. The zero-order valence-electron chi connectivity index (χ0n) is 34.7. The van der Waals surface area contributed by atoms with Crippen molar-refractivity contribution in [1.82, 2.24) is 0 Å². The molecule has 0 radical (unpaired) electrons. The molecular formula is C58H51N. The summed E-state index contributed by atoms with van der Waals surface area (Å²) < 4.78 is 0. The van der Waals surface area contributed by atoms with Crippen molar-refractivity contribution >= 4 is 27.8 Å². The van der Waals surface area contributed by atoms with E-state index in [1.807, 2.05) is 0 Å². The highest BCUT2D eigenvalue weighted by Gasteiger charge is 2.40. The van der Waals surface area contributed by atoms with Gasteiger partial charge in [-0.2, -0.15) is 0 Å². The Bertz CT molecular complexity index is 2910. The molecule has 8 aromatic carbocycles. The van der Waals surface area contributed by atoms with Gasteiger partial charge in [-0.1, -0.05) is 180 Å². The molecule has 1 saturated carbocycles. The van der Waals surface area contributed by atoms with E-state index in [1.54, 1.807) is 0 Å². The summed E-state index contributed by atoms with van der Waals surface area (Å²) in [5.41, 5.74) is 20.9. The Morgan fingerprint density at radius 1 is 0.407 bits per heavy atom. The van der Waals surface area contributed by atoms with Crippen LogP contribution in [0.5, 0.6) is 0 Å². The van der Waals surface area contributed by atoms with Gasteiger partial charge in [0, 0.05) is 27.8 Å². The molecule has 0 heterocycles. The van der Waals surface area contributed by atoms with Crippen LogP contribution in [0.3, 0.4) is 0 Å². The maximum absolute atomic E-state index is 2.53. The summed E-state index contributed by atoms with van der Waals surface area (Å²) in [6, 6.07) is 64.5. The molecule has 3 aliphatic rings. The van der Waals surface area contributed by atoms with E-state index in [-0.39, 0.29) is 10.8 Å². The van der Waals surface area contributed by atoms with Crippen molar-refractivity contribution in [2.24, 2.45) is 0 Å². The quantitative estimate of drug-likeness (QED) is 0.163. The van der Waals surface area contributed by atoms with Crippen molar-refractivity contribution in [3.63, 3.8) is 0 Å². The molecule has 288 valence electrons. The minimum atomic E-state index is -0.200. The molecular weight excluding hydrogens is 711 g/mol. The molecule has 11 rings (SSSR count). The van der Waals surface area contributed by atoms with Crippen LogP contribution in [0, 0.1) is 0 Å². The van der Waals surface area contributed by atoms with Gasteiger partial charge in [0.1, 0.15) is 0 Å². The topological polar surface area (TPSA) is 3.24 Å². The number of fused-ring (bicyclic) bond motifs is 7. The lowest BCUT2D eigenvalue weighted by Gasteiger charge is -2.31. The van der Waals surface area contributed by atoms with Gasteiger partial charge in [0.05, 0.1) is 5.69 Å². The first kappa shape index (κ1) is 35.9. The first-order valence-corrected chi connectivity index (χ1v) is 21.8. The van der Waals surface area contributed by atoms with Gasteiger partial charge in [0.15, 0.2) is 0 Å². The molecule has 0 N–H and O–H groups in total. The summed E-state index contributed by atoms with van der Waals surface area (Å²) in [5.74, 6) is 0.658. The molecule has 1 nitrogen and oxygen atoms in total. The fourth-order valence-corrected chi connectivity index (χ4v) is 11.1. The Balaban J connectivity index is 1.11. The fraction of sp³-hybridized carbons (Fsp3) is 0.207. The van der Waals surface area contributed by atoms with Crippen LogP contribution in [0.15, 0.2) is 170 Å². The van der Waals surface area contributed by atoms with E-state index in [9.17, 15) is 0 Å². The van der Waals surface area contributed by atoms with Crippen molar-refractivity contribution < 1.29 is 0 Å². The molecule has 8 aromatic rings. The second-order valence-electron chi connectivity index (χ2n) is 18.3. The predicted molar refractivity (Wildman–Crippen MR) is 250 cm³/mol. The summed E-state index contributed by atoms with van der Waals surface area (Å²) in [7, 11) is 0. The van der Waals surface area contributed by atoms with Crippen molar-refractivity contribution in [2.75, 3.05) is 4.90 Å². The molecule has 0 aromatic heterocycles. The predicted octanol–water partition coefficient (Wildman–Crippen LogP) is 16.3. The van der Waals surface area contributed by atoms with Gasteiger partial charge in [-0.05, 0) is 133 Å². The van der Waals surface area contributed by atoms with E-state index < -0.39 is 0 Å². The molecule has 59 heavy (non-hydrogen) atoms. The largest absolute Gasteiger partial charge is 0.310 e. The fourth-order valence-electron chi connectivity index (χ4n) is 11.1. The molecule has 1 heteroatoms. The van der Waals surface area contributed by atoms with Gasteiger partial charge in [0.2, 0.25) is 0 Å². The summed E-state index contributed by atoms with van der Waals surface area (Å²) in [6.07, 6.45) is 6.63. The molecule has 0 aliphatic heterocycles. The third kappa shape index (κ3) is 5.65. The van der Waals surface area contributed by atoms with E-state index in [4.69, 9.17) is 0 Å². The van der Waals surface area contributed by atoms with Crippen molar-refractivity contribution in [3.8, 4) is 44.5 Å². The lowest BCUT2D eigenvalue weighted by Crippen LogP contribution is -2.17. The van der Waals surface area contributed by atoms with Gasteiger partial charge < -0.3 is 4.90 Å². The number of benzene rings is 8. The minimum Gasteiger partial charge on any atom is -0.310 e. The smallest absolute Gasteiger partial charge is 0.0546 e. The summed E-state index contributed by atoms with van der Waals surface area (Å²) in [5, 5.41) is 2.49. The summed E-state index contributed by atoms with van der Waals surface area (Å²) in [6.45, 7) is 9.61. The molecule has 0 atom stereocenters. The Kier molecular flexibility index (Phi) is 8.35. The average molecular weight is 762 g/mol. The zero-order chi connectivity index (χ0) is 39.9. The highest BCUT2D eigenvalue weighted by atomic mass is 15.1.